The van der Waals surface area contributed by atoms with Gasteiger partial charge in [-0.25, -0.2) is 4.98 Å². The fraction of sp³-hybridized carbons (Fsp3) is 0.391. The normalized spacial score (nSPS) is 14.8. The molecule has 3 aromatic rings. The standard InChI is InChI=1S/C23H27N3O3S/c1-15-10-16(2)17(3)20(11-15)29-14-22(27)25-23-24-19-5-4-18(12-21(19)30-23)13-26-6-8-28-9-7-26/h4-5,10-12H,6-9,13-14H2,1-3H3,(H,24,25,27). The van der Waals surface area contributed by atoms with Gasteiger partial charge in [-0.1, -0.05) is 23.5 Å². The highest BCUT2D eigenvalue weighted by molar-refractivity contribution is 7.22. The topological polar surface area (TPSA) is 63.7 Å². The number of hydrogen-bond donors (Lipinski definition) is 1. The highest BCUT2D eigenvalue weighted by Gasteiger charge is 2.13. The molecular formula is C23H27N3O3S. The zero-order valence-electron chi connectivity index (χ0n) is 17.7. The molecule has 1 aromatic heterocycles. The second-order valence-electron chi connectivity index (χ2n) is 7.75. The molecule has 0 atom stereocenters. The number of aromatic nitrogens is 1. The molecule has 1 fully saturated rings. The van der Waals surface area contributed by atoms with E-state index in [0.29, 0.717) is 5.13 Å². The third-order valence-corrected chi connectivity index (χ3v) is 6.27. The third-order valence-electron chi connectivity index (χ3n) is 5.33. The van der Waals surface area contributed by atoms with Gasteiger partial charge >= 0.3 is 0 Å². The minimum absolute atomic E-state index is 0.0397. The van der Waals surface area contributed by atoms with Gasteiger partial charge in [-0.3, -0.25) is 15.0 Å². The predicted molar refractivity (Wildman–Crippen MR) is 120 cm³/mol. The molecule has 0 bridgehead atoms. The minimum atomic E-state index is -0.207. The summed E-state index contributed by atoms with van der Waals surface area (Å²) in [5.41, 5.74) is 5.48. The fourth-order valence-corrected chi connectivity index (χ4v) is 4.53. The van der Waals surface area contributed by atoms with Crippen molar-refractivity contribution in [1.29, 1.82) is 0 Å². The first-order valence-corrected chi connectivity index (χ1v) is 11.0. The van der Waals surface area contributed by atoms with Crippen LogP contribution < -0.4 is 10.1 Å². The van der Waals surface area contributed by atoms with Crippen molar-refractivity contribution >= 4 is 32.6 Å². The predicted octanol–water partition coefficient (Wildman–Crippen LogP) is 4.07. The Balaban J connectivity index is 1.38. The number of carbonyl (C=O) groups excluding carboxylic acids is 1. The molecule has 6 nitrogen and oxygen atoms in total. The van der Waals surface area contributed by atoms with E-state index in [9.17, 15) is 4.79 Å². The van der Waals surface area contributed by atoms with Crippen molar-refractivity contribution in [2.24, 2.45) is 0 Å². The van der Waals surface area contributed by atoms with Gasteiger partial charge in [-0.05, 0) is 61.2 Å². The second-order valence-corrected chi connectivity index (χ2v) is 8.78. The van der Waals surface area contributed by atoms with E-state index >= 15 is 0 Å². The Labute approximate surface area is 180 Å². The molecule has 2 aromatic carbocycles. The van der Waals surface area contributed by atoms with Gasteiger partial charge in [0.25, 0.3) is 5.91 Å². The molecule has 0 saturated carbocycles. The first-order valence-electron chi connectivity index (χ1n) is 10.2. The number of aryl methyl sites for hydroxylation is 2. The van der Waals surface area contributed by atoms with Crippen molar-refractivity contribution in [3.8, 4) is 5.75 Å². The first kappa shape index (κ1) is 20.8. The number of rotatable bonds is 6. The quantitative estimate of drug-likeness (QED) is 0.645. The molecule has 0 radical (unpaired) electrons. The van der Waals surface area contributed by atoms with E-state index in [4.69, 9.17) is 9.47 Å². The van der Waals surface area contributed by atoms with E-state index < -0.39 is 0 Å². The third kappa shape index (κ3) is 4.98. The lowest BCUT2D eigenvalue weighted by molar-refractivity contribution is -0.118. The van der Waals surface area contributed by atoms with Crippen LogP contribution in [0.3, 0.4) is 0 Å². The zero-order chi connectivity index (χ0) is 21.1. The van der Waals surface area contributed by atoms with Crippen LogP contribution in [0.1, 0.15) is 22.3 Å². The van der Waals surface area contributed by atoms with Gasteiger partial charge in [0.2, 0.25) is 0 Å². The van der Waals surface area contributed by atoms with Crippen LogP contribution in [0.2, 0.25) is 0 Å². The Bertz CT molecular complexity index is 1060. The van der Waals surface area contributed by atoms with Crippen LogP contribution in [-0.2, 0) is 16.1 Å². The summed E-state index contributed by atoms with van der Waals surface area (Å²) < 4.78 is 12.2. The number of nitrogens with one attached hydrogen (secondary N) is 1. The van der Waals surface area contributed by atoms with E-state index in [-0.39, 0.29) is 12.5 Å². The summed E-state index contributed by atoms with van der Waals surface area (Å²) >= 11 is 1.49. The maximum absolute atomic E-state index is 12.4. The molecule has 1 N–H and O–H groups in total. The van der Waals surface area contributed by atoms with Crippen molar-refractivity contribution in [3.05, 3.63) is 52.6 Å². The van der Waals surface area contributed by atoms with E-state index in [1.54, 1.807) is 0 Å². The molecule has 0 unspecified atom stereocenters. The van der Waals surface area contributed by atoms with Crippen molar-refractivity contribution in [3.63, 3.8) is 0 Å². The van der Waals surface area contributed by atoms with Crippen LogP contribution in [-0.4, -0.2) is 48.7 Å². The number of nitrogens with zero attached hydrogens (tertiary/aromatic N) is 2. The number of amides is 1. The van der Waals surface area contributed by atoms with Crippen LogP contribution >= 0.6 is 11.3 Å². The first-order chi connectivity index (χ1) is 14.5. The average molecular weight is 426 g/mol. The van der Waals surface area contributed by atoms with E-state index in [0.717, 1.165) is 65.5 Å². The maximum Gasteiger partial charge on any atom is 0.264 e. The van der Waals surface area contributed by atoms with Crippen LogP contribution in [0.15, 0.2) is 30.3 Å². The van der Waals surface area contributed by atoms with Gasteiger partial charge in [0.1, 0.15) is 5.75 Å². The Kier molecular flexibility index (Phi) is 6.32. The Hall–Kier alpha value is -2.48. The number of carbonyl (C=O) groups is 1. The largest absolute Gasteiger partial charge is 0.483 e. The van der Waals surface area contributed by atoms with Gasteiger partial charge < -0.3 is 9.47 Å². The summed E-state index contributed by atoms with van der Waals surface area (Å²) in [6, 6.07) is 10.4. The summed E-state index contributed by atoms with van der Waals surface area (Å²) in [7, 11) is 0. The average Bonchev–Trinajstić information content (AvgIpc) is 3.11. The molecule has 0 spiro atoms. The number of morpholine rings is 1. The van der Waals surface area contributed by atoms with Crippen LogP contribution in [0.25, 0.3) is 10.2 Å². The molecule has 1 aliphatic heterocycles. The number of fused-ring (bicyclic) bond motifs is 1. The van der Waals surface area contributed by atoms with Gasteiger partial charge in [0.15, 0.2) is 11.7 Å². The van der Waals surface area contributed by atoms with E-state index in [1.165, 1.54) is 16.9 Å². The number of benzene rings is 2. The lowest BCUT2D eigenvalue weighted by Gasteiger charge is -2.26. The van der Waals surface area contributed by atoms with E-state index in [2.05, 4.69) is 33.4 Å². The van der Waals surface area contributed by atoms with Gasteiger partial charge in [-0.2, -0.15) is 0 Å². The molecule has 30 heavy (non-hydrogen) atoms. The monoisotopic (exact) mass is 425 g/mol. The van der Waals surface area contributed by atoms with Gasteiger partial charge in [-0.15, -0.1) is 0 Å². The summed E-state index contributed by atoms with van der Waals surface area (Å²) in [5.74, 6) is 0.542. The lowest BCUT2D eigenvalue weighted by Crippen LogP contribution is -2.35. The molecular weight excluding hydrogens is 398 g/mol. The number of ether oxygens (including phenoxy) is 2. The van der Waals surface area contributed by atoms with Crippen LogP contribution in [0.4, 0.5) is 5.13 Å². The van der Waals surface area contributed by atoms with Crippen molar-refractivity contribution in [2.75, 3.05) is 38.2 Å². The van der Waals surface area contributed by atoms with Crippen LogP contribution in [0.5, 0.6) is 5.75 Å². The lowest BCUT2D eigenvalue weighted by atomic mass is 10.1. The molecule has 1 aliphatic rings. The minimum Gasteiger partial charge on any atom is -0.483 e. The maximum atomic E-state index is 12.4. The Morgan fingerprint density at radius 2 is 2.00 bits per heavy atom. The highest BCUT2D eigenvalue weighted by atomic mass is 32.1. The zero-order valence-corrected chi connectivity index (χ0v) is 18.5. The fourth-order valence-electron chi connectivity index (χ4n) is 3.59. The molecule has 0 aliphatic carbocycles. The molecule has 1 amide bonds. The summed E-state index contributed by atoms with van der Waals surface area (Å²) in [4.78, 5) is 19.3. The number of thiazole rings is 1. The van der Waals surface area contributed by atoms with E-state index in [1.807, 2.05) is 32.9 Å². The van der Waals surface area contributed by atoms with Crippen molar-refractivity contribution in [2.45, 2.75) is 27.3 Å². The number of hydrogen-bond acceptors (Lipinski definition) is 6. The molecule has 158 valence electrons. The Morgan fingerprint density at radius 1 is 1.20 bits per heavy atom. The molecule has 7 heteroatoms. The highest BCUT2D eigenvalue weighted by Crippen LogP contribution is 2.28. The summed E-state index contributed by atoms with van der Waals surface area (Å²) in [5, 5.41) is 3.46. The van der Waals surface area contributed by atoms with Gasteiger partial charge in [0, 0.05) is 19.6 Å². The smallest absolute Gasteiger partial charge is 0.264 e. The van der Waals surface area contributed by atoms with Gasteiger partial charge in [0.05, 0.1) is 23.4 Å². The molecule has 4 rings (SSSR count). The van der Waals surface area contributed by atoms with Crippen LogP contribution in [0, 0.1) is 20.8 Å². The molecule has 1 saturated heterocycles. The number of anilines is 1. The SMILES string of the molecule is Cc1cc(C)c(C)c(OCC(=O)Nc2nc3ccc(CN4CCOCC4)cc3s2)c1. The Morgan fingerprint density at radius 3 is 2.80 bits per heavy atom. The van der Waals surface area contributed by atoms with Crippen molar-refractivity contribution in [1.82, 2.24) is 9.88 Å². The summed E-state index contributed by atoms with van der Waals surface area (Å²) in [6.07, 6.45) is 0. The second kappa shape index (κ2) is 9.12. The molecule has 2 heterocycles. The van der Waals surface area contributed by atoms with Crippen molar-refractivity contribution < 1.29 is 14.3 Å². The summed E-state index contributed by atoms with van der Waals surface area (Å²) in [6.45, 7) is 10.4.